The van der Waals surface area contributed by atoms with Gasteiger partial charge in [0.15, 0.2) is 11.5 Å². The van der Waals surface area contributed by atoms with Gasteiger partial charge >= 0.3 is 0 Å². The molecule has 1 aromatic carbocycles. The fourth-order valence-electron chi connectivity index (χ4n) is 3.00. The van der Waals surface area contributed by atoms with Crippen LogP contribution in [-0.4, -0.2) is 44.8 Å². The fraction of sp³-hybridized carbons (Fsp3) is 0.647. The van der Waals surface area contributed by atoms with Gasteiger partial charge < -0.3 is 20.1 Å². The molecule has 1 heterocycles. The van der Waals surface area contributed by atoms with E-state index in [2.05, 4.69) is 24.9 Å². The van der Waals surface area contributed by atoms with Gasteiger partial charge in [-0.3, -0.25) is 0 Å². The SMILES string of the molecule is COc1cccc(C(C)CCN)c1OC1CCCN(C)C1. The Morgan fingerprint density at radius 3 is 2.90 bits per heavy atom. The topological polar surface area (TPSA) is 47.7 Å². The predicted octanol–water partition coefficient (Wildman–Crippen LogP) is 2.62. The Balaban J connectivity index is 2.22. The van der Waals surface area contributed by atoms with Gasteiger partial charge in [-0.2, -0.15) is 0 Å². The molecular formula is C17H28N2O2. The van der Waals surface area contributed by atoms with Gasteiger partial charge in [-0.05, 0) is 51.4 Å². The van der Waals surface area contributed by atoms with E-state index in [1.807, 2.05) is 12.1 Å². The van der Waals surface area contributed by atoms with Crippen molar-refractivity contribution in [1.82, 2.24) is 4.90 Å². The van der Waals surface area contributed by atoms with E-state index in [-0.39, 0.29) is 6.10 Å². The smallest absolute Gasteiger partial charge is 0.165 e. The first-order valence-electron chi connectivity index (χ1n) is 7.87. The number of hydrogen-bond donors (Lipinski definition) is 1. The maximum Gasteiger partial charge on any atom is 0.165 e. The van der Waals surface area contributed by atoms with Crippen LogP contribution in [0.5, 0.6) is 11.5 Å². The van der Waals surface area contributed by atoms with Crippen LogP contribution in [0, 0.1) is 0 Å². The number of ether oxygens (including phenoxy) is 2. The molecule has 0 aromatic heterocycles. The van der Waals surface area contributed by atoms with Gasteiger partial charge in [0.1, 0.15) is 6.10 Å². The van der Waals surface area contributed by atoms with Crippen LogP contribution in [-0.2, 0) is 0 Å². The van der Waals surface area contributed by atoms with Crippen LogP contribution < -0.4 is 15.2 Å². The van der Waals surface area contributed by atoms with E-state index in [1.165, 1.54) is 12.0 Å². The van der Waals surface area contributed by atoms with Crippen molar-refractivity contribution in [2.45, 2.75) is 38.2 Å². The fourth-order valence-corrected chi connectivity index (χ4v) is 3.00. The lowest BCUT2D eigenvalue weighted by atomic mass is 9.96. The Morgan fingerprint density at radius 1 is 1.43 bits per heavy atom. The third kappa shape index (κ3) is 4.11. The summed E-state index contributed by atoms with van der Waals surface area (Å²) in [5.41, 5.74) is 6.91. The minimum Gasteiger partial charge on any atom is -0.493 e. The first-order valence-corrected chi connectivity index (χ1v) is 7.87. The number of para-hydroxylation sites is 1. The second kappa shape index (κ2) is 7.66. The highest BCUT2D eigenvalue weighted by Crippen LogP contribution is 2.38. The number of hydrogen-bond acceptors (Lipinski definition) is 4. The minimum atomic E-state index is 0.240. The summed E-state index contributed by atoms with van der Waals surface area (Å²) < 4.78 is 11.9. The van der Waals surface area contributed by atoms with Crippen LogP contribution in [0.15, 0.2) is 18.2 Å². The van der Waals surface area contributed by atoms with E-state index in [1.54, 1.807) is 7.11 Å². The molecule has 1 saturated heterocycles. The summed E-state index contributed by atoms with van der Waals surface area (Å²) in [6.45, 7) is 5.01. The van der Waals surface area contributed by atoms with Crippen LogP contribution in [0.4, 0.5) is 0 Å². The molecule has 2 rings (SSSR count). The van der Waals surface area contributed by atoms with Crippen molar-refractivity contribution in [3.8, 4) is 11.5 Å². The number of rotatable bonds is 6. The highest BCUT2D eigenvalue weighted by Gasteiger charge is 2.23. The van der Waals surface area contributed by atoms with Gasteiger partial charge in [-0.25, -0.2) is 0 Å². The van der Waals surface area contributed by atoms with Crippen molar-refractivity contribution >= 4 is 0 Å². The molecule has 2 N–H and O–H groups in total. The van der Waals surface area contributed by atoms with Crippen LogP contribution in [0.2, 0.25) is 0 Å². The number of likely N-dealkylation sites (tertiary alicyclic amines) is 1. The van der Waals surface area contributed by atoms with E-state index in [9.17, 15) is 0 Å². The maximum atomic E-state index is 6.34. The molecule has 2 atom stereocenters. The average Bonchev–Trinajstić information content (AvgIpc) is 2.47. The Bertz CT molecular complexity index is 450. The second-order valence-electron chi connectivity index (χ2n) is 6.00. The number of benzene rings is 1. The standard InChI is InChI=1S/C17H28N2O2/c1-13(9-10-18)15-7-4-8-16(20-3)17(15)21-14-6-5-11-19(2)12-14/h4,7-8,13-14H,5-6,9-12,18H2,1-3H3. The molecule has 21 heavy (non-hydrogen) atoms. The van der Waals surface area contributed by atoms with Crippen LogP contribution >= 0.6 is 0 Å². The third-order valence-electron chi connectivity index (χ3n) is 4.23. The lowest BCUT2D eigenvalue weighted by Gasteiger charge is -2.31. The third-order valence-corrected chi connectivity index (χ3v) is 4.23. The summed E-state index contributed by atoms with van der Waals surface area (Å²) in [5.74, 6) is 2.10. The van der Waals surface area contributed by atoms with Gasteiger partial charge in [0.2, 0.25) is 0 Å². The van der Waals surface area contributed by atoms with Crippen molar-refractivity contribution in [3.63, 3.8) is 0 Å². The van der Waals surface area contributed by atoms with Crippen LogP contribution in [0.3, 0.4) is 0 Å². The van der Waals surface area contributed by atoms with Crippen molar-refractivity contribution in [1.29, 1.82) is 0 Å². The molecule has 1 aliphatic rings. The molecule has 2 unspecified atom stereocenters. The quantitative estimate of drug-likeness (QED) is 0.875. The first kappa shape index (κ1) is 16.1. The Hall–Kier alpha value is -1.26. The normalized spacial score (nSPS) is 21.0. The Kier molecular flexibility index (Phi) is 5.88. The summed E-state index contributed by atoms with van der Waals surface area (Å²) in [4.78, 5) is 2.33. The number of likely N-dealkylation sites (N-methyl/N-ethyl adjacent to an activating group) is 1. The Morgan fingerprint density at radius 2 is 2.24 bits per heavy atom. The number of nitrogens with zero attached hydrogens (tertiary/aromatic N) is 1. The molecule has 4 heteroatoms. The summed E-state index contributed by atoms with van der Waals surface area (Å²) in [6, 6.07) is 6.13. The molecule has 0 saturated carbocycles. The molecular weight excluding hydrogens is 264 g/mol. The first-order chi connectivity index (χ1) is 10.2. The molecule has 118 valence electrons. The molecule has 0 bridgehead atoms. The molecule has 1 aromatic rings. The maximum absolute atomic E-state index is 6.34. The van der Waals surface area contributed by atoms with Gasteiger partial charge in [-0.1, -0.05) is 19.1 Å². The number of methoxy groups -OCH3 is 1. The summed E-state index contributed by atoms with van der Waals surface area (Å²) >= 11 is 0. The predicted molar refractivity (Wildman–Crippen MR) is 86.2 cm³/mol. The molecule has 4 nitrogen and oxygen atoms in total. The molecule has 0 spiro atoms. The van der Waals surface area contributed by atoms with Gasteiger partial charge in [0.05, 0.1) is 7.11 Å². The van der Waals surface area contributed by atoms with E-state index < -0.39 is 0 Å². The lowest BCUT2D eigenvalue weighted by Crippen LogP contribution is -2.38. The van der Waals surface area contributed by atoms with Crippen molar-refractivity contribution in [3.05, 3.63) is 23.8 Å². The van der Waals surface area contributed by atoms with Crippen molar-refractivity contribution in [2.24, 2.45) is 5.73 Å². The molecule has 0 aliphatic carbocycles. The van der Waals surface area contributed by atoms with Crippen molar-refractivity contribution < 1.29 is 9.47 Å². The number of nitrogens with two attached hydrogens (primary N) is 1. The summed E-state index contributed by atoms with van der Waals surface area (Å²) in [6.07, 6.45) is 3.48. The van der Waals surface area contributed by atoms with Crippen molar-refractivity contribution in [2.75, 3.05) is 33.8 Å². The minimum absolute atomic E-state index is 0.240. The van der Waals surface area contributed by atoms with E-state index in [4.69, 9.17) is 15.2 Å². The van der Waals surface area contributed by atoms with Gasteiger partial charge in [0.25, 0.3) is 0 Å². The zero-order valence-corrected chi connectivity index (χ0v) is 13.5. The van der Waals surface area contributed by atoms with Gasteiger partial charge in [-0.15, -0.1) is 0 Å². The van der Waals surface area contributed by atoms with E-state index in [0.717, 1.165) is 37.4 Å². The largest absolute Gasteiger partial charge is 0.493 e. The second-order valence-corrected chi connectivity index (χ2v) is 6.00. The summed E-state index contributed by atoms with van der Waals surface area (Å²) in [7, 11) is 3.85. The Labute approximate surface area is 128 Å². The van der Waals surface area contributed by atoms with E-state index in [0.29, 0.717) is 12.5 Å². The zero-order valence-electron chi connectivity index (χ0n) is 13.5. The monoisotopic (exact) mass is 292 g/mol. The highest BCUT2D eigenvalue weighted by molar-refractivity contribution is 5.48. The molecule has 0 radical (unpaired) electrons. The zero-order chi connectivity index (χ0) is 15.2. The average molecular weight is 292 g/mol. The molecule has 1 aliphatic heterocycles. The van der Waals surface area contributed by atoms with E-state index >= 15 is 0 Å². The number of piperidine rings is 1. The molecule has 1 fully saturated rings. The highest BCUT2D eigenvalue weighted by atomic mass is 16.5. The van der Waals surface area contributed by atoms with Crippen LogP contribution in [0.25, 0.3) is 0 Å². The summed E-state index contributed by atoms with van der Waals surface area (Å²) in [5, 5.41) is 0. The molecule has 0 amide bonds. The lowest BCUT2D eigenvalue weighted by molar-refractivity contribution is 0.0999. The van der Waals surface area contributed by atoms with Gasteiger partial charge in [0, 0.05) is 12.1 Å². The van der Waals surface area contributed by atoms with Crippen LogP contribution in [0.1, 0.15) is 37.7 Å².